The number of ether oxygens (including phenoxy) is 2. The molecule has 2 heterocycles. The van der Waals surface area contributed by atoms with Gasteiger partial charge in [0.05, 0.1) is 23.7 Å². The van der Waals surface area contributed by atoms with Crippen LogP contribution < -0.4 is 21.4 Å². The maximum Gasteiger partial charge on any atom is 0.355 e. The normalized spacial score (nSPS) is 22.7. The number of hydrogen-bond donors (Lipinski definition) is 2. The van der Waals surface area contributed by atoms with E-state index < -0.39 is 35.3 Å². The summed E-state index contributed by atoms with van der Waals surface area (Å²) < 4.78 is 13.7. The van der Waals surface area contributed by atoms with Crippen LogP contribution in [0.4, 0.5) is 0 Å². The summed E-state index contributed by atoms with van der Waals surface area (Å²) in [7, 11) is 0. The van der Waals surface area contributed by atoms with Crippen molar-refractivity contribution in [2.75, 3.05) is 5.43 Å². The number of aliphatic hydroxyl groups excluding tert-OH is 1. The summed E-state index contributed by atoms with van der Waals surface area (Å²) in [4.78, 5) is 38.3. The number of nitrogens with zero attached hydrogens (tertiary/aromatic N) is 2. The topological polar surface area (TPSA) is 112 Å². The zero-order valence-corrected chi connectivity index (χ0v) is 19.4. The van der Waals surface area contributed by atoms with Crippen molar-refractivity contribution in [2.24, 2.45) is 0 Å². The van der Waals surface area contributed by atoms with Gasteiger partial charge in [-0.15, -0.1) is 0 Å². The first-order valence-electron chi connectivity index (χ1n) is 10.3. The van der Waals surface area contributed by atoms with Crippen LogP contribution in [0.25, 0.3) is 0 Å². The zero-order valence-electron chi connectivity index (χ0n) is 17.9. The molecule has 1 unspecified atom stereocenters. The predicted octanol–water partition coefficient (Wildman–Crippen LogP) is 2.61. The highest BCUT2D eigenvalue weighted by atomic mass is 35.5. The molecule has 0 spiro atoms. The van der Waals surface area contributed by atoms with Crippen LogP contribution in [0, 0.1) is 0 Å². The van der Waals surface area contributed by atoms with Gasteiger partial charge in [0.1, 0.15) is 5.75 Å². The van der Waals surface area contributed by atoms with Gasteiger partial charge in [0.25, 0.3) is 5.56 Å². The Labute approximate surface area is 194 Å². The van der Waals surface area contributed by atoms with E-state index in [9.17, 15) is 19.5 Å². The van der Waals surface area contributed by atoms with Crippen LogP contribution in [0.15, 0.2) is 34.0 Å². The third-order valence-electron chi connectivity index (χ3n) is 5.16. The molecule has 1 aromatic carbocycles. The van der Waals surface area contributed by atoms with Crippen molar-refractivity contribution >= 4 is 29.1 Å². The summed E-state index contributed by atoms with van der Waals surface area (Å²) in [5.41, 5.74) is 1.06. The molecule has 3 atom stereocenters. The zero-order chi connectivity index (χ0) is 23.6. The molecule has 32 heavy (non-hydrogen) atoms. The summed E-state index contributed by atoms with van der Waals surface area (Å²) in [6.07, 6.45) is 0.493. The molecule has 1 amide bonds. The minimum atomic E-state index is -1.82. The third kappa shape index (κ3) is 4.71. The Morgan fingerprint density at radius 2 is 2.06 bits per heavy atom. The fourth-order valence-electron chi connectivity index (χ4n) is 3.44. The monoisotopic (exact) mass is 485 g/mol. The Morgan fingerprint density at radius 1 is 1.34 bits per heavy atom. The fraction of sp³-hybridized carbons (Fsp3) is 0.476. The first kappa shape index (κ1) is 24.3. The number of rotatable bonds is 7. The smallest absolute Gasteiger partial charge is 0.355 e. The van der Waals surface area contributed by atoms with Gasteiger partial charge in [0, 0.05) is 23.2 Å². The van der Waals surface area contributed by atoms with Gasteiger partial charge in [-0.2, -0.15) is 4.68 Å². The number of amides is 1. The van der Waals surface area contributed by atoms with Crippen LogP contribution in [-0.2, 0) is 21.9 Å². The largest absolute Gasteiger partial charge is 0.442 e. The quantitative estimate of drug-likeness (QED) is 0.623. The van der Waals surface area contributed by atoms with Crippen LogP contribution >= 0.6 is 23.2 Å². The van der Waals surface area contributed by atoms with E-state index >= 15 is 0 Å². The molecule has 0 aliphatic carbocycles. The SMILES string of the molecule is CCCC(=O)Nn1c(=O)c(CC)cn(C2(Oc3ccc(Cl)cc3Cl)C[C@H](O)[C@@H](C)O2)c1=O. The summed E-state index contributed by atoms with van der Waals surface area (Å²) in [6, 6.07) is 4.53. The Hall–Kier alpha value is -2.33. The van der Waals surface area contributed by atoms with Crippen molar-refractivity contribution in [3.05, 3.63) is 60.8 Å². The highest BCUT2D eigenvalue weighted by molar-refractivity contribution is 6.35. The molecule has 3 rings (SSSR count). The molecule has 0 saturated carbocycles. The molecular formula is C21H25Cl2N3O6. The molecule has 11 heteroatoms. The number of aryl methyl sites for hydroxylation is 1. The summed E-state index contributed by atoms with van der Waals surface area (Å²) in [5.74, 6) is -2.14. The summed E-state index contributed by atoms with van der Waals surface area (Å²) >= 11 is 12.2. The van der Waals surface area contributed by atoms with E-state index in [1.807, 2.05) is 0 Å². The van der Waals surface area contributed by atoms with E-state index in [1.54, 1.807) is 26.8 Å². The van der Waals surface area contributed by atoms with E-state index in [-0.39, 0.29) is 35.6 Å². The van der Waals surface area contributed by atoms with Gasteiger partial charge in [-0.3, -0.25) is 15.0 Å². The average molecular weight is 486 g/mol. The number of carbonyl (C=O) groups excluding carboxylic acids is 1. The summed E-state index contributed by atoms with van der Waals surface area (Å²) in [5, 5.41) is 11.0. The maximum absolute atomic E-state index is 13.3. The van der Waals surface area contributed by atoms with E-state index in [4.69, 9.17) is 32.7 Å². The lowest BCUT2D eigenvalue weighted by molar-refractivity contribution is -0.233. The Morgan fingerprint density at radius 3 is 2.62 bits per heavy atom. The molecule has 0 radical (unpaired) electrons. The number of carbonyl (C=O) groups is 1. The second-order valence-corrected chi connectivity index (χ2v) is 8.41. The first-order valence-corrected chi connectivity index (χ1v) is 11.0. The number of halogens is 2. The lowest BCUT2D eigenvalue weighted by Gasteiger charge is -2.32. The van der Waals surface area contributed by atoms with Gasteiger partial charge in [0.15, 0.2) is 0 Å². The van der Waals surface area contributed by atoms with Gasteiger partial charge in [-0.1, -0.05) is 37.0 Å². The van der Waals surface area contributed by atoms with E-state index in [2.05, 4.69) is 5.43 Å². The predicted molar refractivity (Wildman–Crippen MR) is 120 cm³/mol. The number of benzene rings is 1. The van der Waals surface area contributed by atoms with Crippen LogP contribution in [0.2, 0.25) is 10.0 Å². The number of aliphatic hydroxyl groups is 1. The van der Waals surface area contributed by atoms with Crippen molar-refractivity contribution < 1.29 is 19.4 Å². The highest BCUT2D eigenvalue weighted by Gasteiger charge is 2.50. The maximum atomic E-state index is 13.3. The molecular weight excluding hydrogens is 461 g/mol. The van der Waals surface area contributed by atoms with Crippen molar-refractivity contribution in [3.63, 3.8) is 0 Å². The van der Waals surface area contributed by atoms with Gasteiger partial charge < -0.3 is 14.6 Å². The average Bonchev–Trinajstić information content (AvgIpc) is 3.02. The molecule has 1 aromatic heterocycles. The molecule has 2 aromatic rings. The van der Waals surface area contributed by atoms with Crippen LogP contribution in [0.3, 0.4) is 0 Å². The van der Waals surface area contributed by atoms with Crippen molar-refractivity contribution in [3.8, 4) is 5.75 Å². The Balaban J connectivity index is 2.19. The Bertz CT molecular complexity index is 1120. The van der Waals surface area contributed by atoms with Gasteiger partial charge in [-0.25, -0.2) is 9.36 Å². The van der Waals surface area contributed by atoms with Gasteiger partial charge >= 0.3 is 11.6 Å². The molecule has 9 nitrogen and oxygen atoms in total. The minimum absolute atomic E-state index is 0.128. The standard InChI is InChI=1S/C21H25Cl2N3O6/c1-4-6-18(28)24-26-19(29)13(5-2)11-25(20(26)30)21(10-16(27)12(3)31-21)32-17-8-7-14(22)9-15(17)23/h7-9,11-12,16,27H,4-6,10H2,1-3H3,(H,24,28)/t12-,16+,21?/m1/s1. The molecule has 1 saturated heterocycles. The number of nitrogens with one attached hydrogen (secondary N) is 1. The highest BCUT2D eigenvalue weighted by Crippen LogP contribution is 2.39. The number of aromatic nitrogens is 2. The molecule has 1 fully saturated rings. The van der Waals surface area contributed by atoms with Crippen molar-refractivity contribution in [1.29, 1.82) is 0 Å². The van der Waals surface area contributed by atoms with E-state index in [0.29, 0.717) is 16.1 Å². The minimum Gasteiger partial charge on any atom is -0.442 e. The van der Waals surface area contributed by atoms with Crippen LogP contribution in [0.5, 0.6) is 5.75 Å². The first-order chi connectivity index (χ1) is 15.1. The van der Waals surface area contributed by atoms with Gasteiger partial charge in [-0.05, 0) is 38.0 Å². The molecule has 174 valence electrons. The number of hydrogen-bond acceptors (Lipinski definition) is 6. The molecule has 2 N–H and O–H groups in total. The lowest BCUT2D eigenvalue weighted by Crippen LogP contribution is -2.54. The second kappa shape index (κ2) is 9.66. The summed E-state index contributed by atoms with van der Waals surface area (Å²) in [6.45, 7) is 5.17. The van der Waals surface area contributed by atoms with E-state index in [1.165, 1.54) is 18.3 Å². The lowest BCUT2D eigenvalue weighted by atomic mass is 10.1. The fourth-order valence-corrected chi connectivity index (χ4v) is 3.89. The van der Waals surface area contributed by atoms with Crippen LogP contribution in [-0.4, -0.2) is 32.5 Å². The van der Waals surface area contributed by atoms with E-state index in [0.717, 1.165) is 4.57 Å². The van der Waals surface area contributed by atoms with Crippen LogP contribution in [0.1, 0.15) is 45.6 Å². The van der Waals surface area contributed by atoms with Crippen molar-refractivity contribution in [1.82, 2.24) is 9.24 Å². The van der Waals surface area contributed by atoms with Gasteiger partial charge in [0.2, 0.25) is 5.91 Å². The third-order valence-corrected chi connectivity index (χ3v) is 5.69. The molecule has 0 bridgehead atoms. The Kier molecular flexibility index (Phi) is 7.34. The molecule has 1 aliphatic rings. The second-order valence-electron chi connectivity index (χ2n) is 7.57. The van der Waals surface area contributed by atoms with Crippen molar-refractivity contribution in [2.45, 2.75) is 64.6 Å². The molecule has 1 aliphatic heterocycles.